The van der Waals surface area contributed by atoms with Gasteiger partial charge in [-0.25, -0.2) is 19.6 Å². The molecule has 3 heterocycles. The number of methoxy groups -OCH3 is 1. The van der Waals surface area contributed by atoms with Gasteiger partial charge in [0.15, 0.2) is 5.65 Å². The van der Waals surface area contributed by atoms with Crippen molar-refractivity contribution in [2.24, 2.45) is 4.99 Å². The van der Waals surface area contributed by atoms with Crippen molar-refractivity contribution in [1.29, 1.82) is 0 Å². The second-order valence-electron chi connectivity index (χ2n) is 11.1. The molecular formula is C30H38N8O2. The van der Waals surface area contributed by atoms with Crippen LogP contribution in [-0.4, -0.2) is 92.8 Å². The maximum atomic E-state index is 10.4. The average molecular weight is 543 g/mol. The van der Waals surface area contributed by atoms with Gasteiger partial charge in [-0.05, 0) is 57.4 Å². The Hall–Kier alpha value is -3.60. The number of benzene rings is 1. The maximum absolute atomic E-state index is 10.4. The first kappa shape index (κ1) is 26.6. The number of hydrogen-bond donors (Lipinski definition) is 2. The first-order chi connectivity index (χ1) is 19.4. The third kappa shape index (κ3) is 5.02. The number of aromatic nitrogens is 4. The summed E-state index contributed by atoms with van der Waals surface area (Å²) in [5.41, 5.74) is 10.9. The third-order valence-corrected chi connectivity index (χ3v) is 8.60. The van der Waals surface area contributed by atoms with Gasteiger partial charge in [-0.1, -0.05) is 24.3 Å². The summed E-state index contributed by atoms with van der Waals surface area (Å²) < 4.78 is 7.80. The molecule has 2 aromatic heterocycles. The molecule has 2 fully saturated rings. The van der Waals surface area contributed by atoms with Gasteiger partial charge in [-0.3, -0.25) is 4.90 Å². The molecule has 0 radical (unpaired) electrons. The van der Waals surface area contributed by atoms with Crippen molar-refractivity contribution in [1.82, 2.24) is 29.5 Å². The number of aliphatic hydroxyl groups excluding tert-OH is 1. The number of fused-ring (bicyclic) bond motifs is 1. The quantitative estimate of drug-likeness (QED) is 0.500. The van der Waals surface area contributed by atoms with E-state index < -0.39 is 6.10 Å². The molecular weight excluding hydrogens is 504 g/mol. The highest BCUT2D eigenvalue weighted by Gasteiger charge is 2.31. The zero-order valence-corrected chi connectivity index (χ0v) is 23.5. The van der Waals surface area contributed by atoms with Gasteiger partial charge in [0.25, 0.3) is 0 Å². The predicted molar refractivity (Wildman–Crippen MR) is 158 cm³/mol. The second kappa shape index (κ2) is 11.1. The molecule has 0 spiro atoms. The number of nitrogens with zero attached hydrogens (tertiary/aromatic N) is 7. The van der Waals surface area contributed by atoms with Crippen molar-refractivity contribution >= 4 is 28.3 Å². The van der Waals surface area contributed by atoms with Gasteiger partial charge in [0.2, 0.25) is 0 Å². The summed E-state index contributed by atoms with van der Waals surface area (Å²) in [6, 6.07) is 6.69. The third-order valence-electron chi connectivity index (χ3n) is 8.60. The van der Waals surface area contributed by atoms with Gasteiger partial charge in [0.05, 0.1) is 24.2 Å². The Kier molecular flexibility index (Phi) is 7.39. The Morgan fingerprint density at radius 2 is 1.80 bits per heavy atom. The number of nitrogens with two attached hydrogens (primary N) is 1. The van der Waals surface area contributed by atoms with Crippen LogP contribution < -0.4 is 10.5 Å². The van der Waals surface area contributed by atoms with Gasteiger partial charge in [0, 0.05) is 37.8 Å². The second-order valence-corrected chi connectivity index (χ2v) is 11.1. The van der Waals surface area contributed by atoms with E-state index in [1.165, 1.54) is 6.33 Å². The molecule has 10 nitrogen and oxygen atoms in total. The van der Waals surface area contributed by atoms with Crippen LogP contribution in [0, 0.1) is 0 Å². The summed E-state index contributed by atoms with van der Waals surface area (Å²) >= 11 is 0. The Labute approximate surface area is 234 Å². The van der Waals surface area contributed by atoms with Crippen molar-refractivity contribution in [2.75, 3.05) is 46.1 Å². The van der Waals surface area contributed by atoms with Gasteiger partial charge in [0.1, 0.15) is 35.4 Å². The zero-order chi connectivity index (χ0) is 27.8. The Morgan fingerprint density at radius 1 is 1.05 bits per heavy atom. The maximum Gasteiger partial charge on any atom is 0.164 e. The fourth-order valence-electron chi connectivity index (χ4n) is 6.22. The summed E-state index contributed by atoms with van der Waals surface area (Å²) in [5.74, 6) is 1.00. The molecule has 1 unspecified atom stereocenters. The number of aliphatic hydroxyl groups is 1. The van der Waals surface area contributed by atoms with Crippen LogP contribution in [0.15, 0.2) is 53.3 Å². The number of likely N-dealkylation sites (N-methyl/N-ethyl adjacent to an activating group) is 1. The van der Waals surface area contributed by atoms with E-state index in [0.29, 0.717) is 29.0 Å². The van der Waals surface area contributed by atoms with Crippen molar-refractivity contribution in [3.63, 3.8) is 0 Å². The van der Waals surface area contributed by atoms with E-state index in [4.69, 9.17) is 20.6 Å². The molecule has 1 saturated heterocycles. The van der Waals surface area contributed by atoms with Crippen molar-refractivity contribution in [3.8, 4) is 17.0 Å². The average Bonchev–Trinajstić information content (AvgIpc) is 3.37. The number of aliphatic imine (C=N–C) groups is 1. The lowest BCUT2D eigenvalue weighted by molar-refractivity contribution is 0.0815. The van der Waals surface area contributed by atoms with Gasteiger partial charge in [-0.15, -0.1) is 0 Å². The molecule has 210 valence electrons. The Bertz CT molecular complexity index is 1480. The lowest BCUT2D eigenvalue weighted by Crippen LogP contribution is -2.49. The fraction of sp³-hybridized carbons (Fsp3) is 0.467. The SMILES string of the molecule is COc1cc(-c2nn(C3CCC(N4CCN(C)CC4)CC3)c3ncnc(N)c23)ccc1N=C1C(C)=CC=CC1O. The van der Waals surface area contributed by atoms with Crippen molar-refractivity contribution in [3.05, 3.63) is 48.3 Å². The molecule has 3 aromatic rings. The standard InChI is InChI=1S/C30H38N8O2/c1-19-5-4-6-24(39)27(19)34-23-12-7-20(17-25(23)40-3)28-26-29(31)32-18-33-30(26)38(35-28)22-10-8-21(9-11-22)37-15-13-36(2)14-16-37/h4-7,12,17-18,21-22,24,39H,8-11,13-16H2,1-3H3,(H2,31,32,33). The van der Waals surface area contributed by atoms with Crippen LogP contribution in [0.1, 0.15) is 38.6 Å². The molecule has 3 aliphatic rings. The van der Waals surface area contributed by atoms with E-state index in [-0.39, 0.29) is 6.04 Å². The molecule has 10 heteroatoms. The normalized spacial score (nSPS) is 25.4. The van der Waals surface area contributed by atoms with E-state index in [0.717, 1.165) is 79.7 Å². The summed E-state index contributed by atoms with van der Waals surface area (Å²) in [5, 5.41) is 16.3. The van der Waals surface area contributed by atoms with E-state index in [9.17, 15) is 5.11 Å². The van der Waals surface area contributed by atoms with Crippen LogP contribution in [0.25, 0.3) is 22.3 Å². The van der Waals surface area contributed by atoms with Crippen LogP contribution in [0.2, 0.25) is 0 Å². The van der Waals surface area contributed by atoms with Gasteiger partial charge < -0.3 is 20.5 Å². The number of ether oxygens (including phenoxy) is 1. The lowest BCUT2D eigenvalue weighted by Gasteiger charge is -2.41. The molecule has 6 rings (SSSR count). The molecule has 1 aliphatic heterocycles. The van der Waals surface area contributed by atoms with E-state index >= 15 is 0 Å². The van der Waals surface area contributed by atoms with Crippen LogP contribution in [0.5, 0.6) is 5.75 Å². The number of allylic oxidation sites excluding steroid dienone is 2. The highest BCUT2D eigenvalue weighted by Crippen LogP contribution is 2.39. The van der Waals surface area contributed by atoms with Crippen LogP contribution in [0.4, 0.5) is 11.5 Å². The minimum Gasteiger partial charge on any atom is -0.494 e. The molecule has 0 amide bonds. The summed E-state index contributed by atoms with van der Waals surface area (Å²) in [4.78, 5) is 18.7. The first-order valence-corrected chi connectivity index (χ1v) is 14.1. The number of piperazine rings is 1. The van der Waals surface area contributed by atoms with Crippen LogP contribution >= 0.6 is 0 Å². The number of anilines is 1. The van der Waals surface area contributed by atoms with Crippen LogP contribution in [0.3, 0.4) is 0 Å². The minimum atomic E-state index is -0.752. The lowest BCUT2D eigenvalue weighted by atomic mass is 9.90. The van der Waals surface area contributed by atoms with E-state index in [2.05, 4.69) is 31.5 Å². The van der Waals surface area contributed by atoms with Crippen molar-refractivity contribution < 1.29 is 9.84 Å². The van der Waals surface area contributed by atoms with E-state index in [1.54, 1.807) is 13.2 Å². The van der Waals surface area contributed by atoms with Gasteiger partial charge >= 0.3 is 0 Å². The summed E-state index contributed by atoms with van der Waals surface area (Å²) in [6.45, 7) is 6.53. The number of nitrogen functional groups attached to an aromatic ring is 1. The van der Waals surface area contributed by atoms with E-state index in [1.807, 2.05) is 37.3 Å². The summed E-state index contributed by atoms with van der Waals surface area (Å²) in [7, 11) is 3.83. The largest absolute Gasteiger partial charge is 0.494 e. The molecule has 2 aliphatic carbocycles. The van der Waals surface area contributed by atoms with Gasteiger partial charge in [-0.2, -0.15) is 5.10 Å². The topological polar surface area (TPSA) is 118 Å². The predicted octanol–water partition coefficient (Wildman–Crippen LogP) is 3.76. The molecule has 1 atom stereocenters. The number of hydrogen-bond acceptors (Lipinski definition) is 9. The fourth-order valence-corrected chi connectivity index (χ4v) is 6.22. The molecule has 0 bridgehead atoms. The monoisotopic (exact) mass is 542 g/mol. The molecule has 40 heavy (non-hydrogen) atoms. The smallest absolute Gasteiger partial charge is 0.164 e. The molecule has 1 aromatic carbocycles. The molecule has 3 N–H and O–H groups in total. The highest BCUT2D eigenvalue weighted by atomic mass is 16.5. The Morgan fingerprint density at radius 3 is 2.52 bits per heavy atom. The summed E-state index contributed by atoms with van der Waals surface area (Å²) in [6.07, 6.45) is 10.7. The molecule has 1 saturated carbocycles. The number of rotatable bonds is 5. The van der Waals surface area contributed by atoms with Crippen LogP contribution in [-0.2, 0) is 0 Å². The van der Waals surface area contributed by atoms with Crippen molar-refractivity contribution in [2.45, 2.75) is 50.8 Å². The highest BCUT2D eigenvalue weighted by molar-refractivity contribution is 6.07. The zero-order valence-electron chi connectivity index (χ0n) is 23.5. The minimum absolute atomic E-state index is 0.262. The Balaban J connectivity index is 1.30. The first-order valence-electron chi connectivity index (χ1n) is 14.1.